The molecule has 78 valence electrons. The van der Waals surface area contributed by atoms with Crippen molar-refractivity contribution in [3.63, 3.8) is 0 Å². The van der Waals surface area contributed by atoms with E-state index >= 15 is 0 Å². The van der Waals surface area contributed by atoms with Crippen LogP contribution in [-0.2, 0) is 4.79 Å². The molecule has 1 aliphatic rings. The van der Waals surface area contributed by atoms with Crippen LogP contribution in [0, 0.1) is 0 Å². The van der Waals surface area contributed by atoms with Gasteiger partial charge in [-0.2, -0.15) is 0 Å². The van der Waals surface area contributed by atoms with E-state index in [4.69, 9.17) is 0 Å². The summed E-state index contributed by atoms with van der Waals surface area (Å²) < 4.78 is 0. The van der Waals surface area contributed by atoms with E-state index in [0.29, 0.717) is 0 Å². The Kier molecular flexibility index (Phi) is 3.33. The first kappa shape index (κ1) is 10.8. The summed E-state index contributed by atoms with van der Waals surface area (Å²) >= 11 is 0. The molecule has 1 unspecified atom stereocenters. The maximum atomic E-state index is 10.6. The van der Waals surface area contributed by atoms with Gasteiger partial charge in [-0.3, -0.25) is 4.79 Å². The molecular formula is C11H18N2O. The number of piperidine rings is 1. The topological polar surface area (TPSA) is 23.6 Å². The molecule has 0 bridgehead atoms. The first-order valence-corrected chi connectivity index (χ1v) is 4.92. The molecule has 0 radical (unpaired) electrons. The van der Waals surface area contributed by atoms with Crippen LogP contribution in [0.4, 0.5) is 0 Å². The van der Waals surface area contributed by atoms with Gasteiger partial charge in [0.25, 0.3) is 0 Å². The molecule has 0 spiro atoms. The van der Waals surface area contributed by atoms with Crippen molar-refractivity contribution in [1.82, 2.24) is 9.80 Å². The third-order valence-corrected chi connectivity index (χ3v) is 2.87. The average molecular weight is 194 g/mol. The Bertz CT molecular complexity index is 260. The Hall–Kier alpha value is -1.25. The summed E-state index contributed by atoms with van der Waals surface area (Å²) in [5.41, 5.74) is 1.94. The Morgan fingerprint density at radius 3 is 2.79 bits per heavy atom. The largest absolute Gasteiger partial charge is 0.372 e. The van der Waals surface area contributed by atoms with Gasteiger partial charge in [0.2, 0.25) is 6.41 Å². The minimum Gasteiger partial charge on any atom is -0.372 e. The smallest absolute Gasteiger partial charge is 0.209 e. The number of carbonyl (C=O) groups excluding carboxylic acids is 1. The standard InChI is InChI=1S/C11H18N2O/c1-5-13-7-6-11(12(4)8-14)9(2)10(13)3/h8,11H,2-3,5-7H2,1,4H3. The van der Waals surface area contributed by atoms with Crippen LogP contribution in [0.3, 0.4) is 0 Å². The van der Waals surface area contributed by atoms with Gasteiger partial charge < -0.3 is 9.80 Å². The first-order chi connectivity index (χ1) is 6.61. The lowest BCUT2D eigenvalue weighted by Crippen LogP contribution is -2.42. The minimum absolute atomic E-state index is 0.128. The molecule has 1 amide bonds. The molecule has 1 fully saturated rings. The van der Waals surface area contributed by atoms with Crippen molar-refractivity contribution in [2.75, 3.05) is 20.1 Å². The second-order valence-electron chi connectivity index (χ2n) is 3.63. The number of likely N-dealkylation sites (N-methyl/N-ethyl adjacent to an activating group) is 2. The summed E-state index contributed by atoms with van der Waals surface area (Å²) in [5, 5.41) is 0. The molecule has 1 rings (SSSR count). The van der Waals surface area contributed by atoms with Crippen molar-refractivity contribution in [3.8, 4) is 0 Å². The van der Waals surface area contributed by atoms with Crippen LogP contribution >= 0.6 is 0 Å². The number of carbonyl (C=O) groups is 1. The molecule has 0 aromatic rings. The van der Waals surface area contributed by atoms with Gasteiger partial charge in [-0.15, -0.1) is 0 Å². The van der Waals surface area contributed by atoms with Crippen LogP contribution in [0.15, 0.2) is 24.4 Å². The molecule has 0 aliphatic carbocycles. The summed E-state index contributed by atoms with van der Waals surface area (Å²) in [5.74, 6) is 0. The van der Waals surface area contributed by atoms with E-state index in [1.807, 2.05) is 0 Å². The Labute approximate surface area is 85.7 Å². The quantitative estimate of drug-likeness (QED) is 0.631. The predicted octanol–water partition coefficient (Wildman–Crippen LogP) is 1.24. The third-order valence-electron chi connectivity index (χ3n) is 2.87. The van der Waals surface area contributed by atoms with Crippen LogP contribution in [0.2, 0.25) is 0 Å². The van der Waals surface area contributed by atoms with Crippen molar-refractivity contribution in [2.45, 2.75) is 19.4 Å². The lowest BCUT2D eigenvalue weighted by molar-refractivity contribution is -0.118. The lowest BCUT2D eigenvalue weighted by atomic mass is 9.96. The van der Waals surface area contributed by atoms with E-state index in [0.717, 1.165) is 37.2 Å². The van der Waals surface area contributed by atoms with Gasteiger partial charge in [0, 0.05) is 25.8 Å². The number of hydrogen-bond acceptors (Lipinski definition) is 2. The summed E-state index contributed by atoms with van der Waals surface area (Å²) in [4.78, 5) is 14.5. The van der Waals surface area contributed by atoms with Crippen molar-refractivity contribution in [3.05, 3.63) is 24.4 Å². The summed E-state index contributed by atoms with van der Waals surface area (Å²) in [6.45, 7) is 12.0. The average Bonchev–Trinajstić information content (AvgIpc) is 2.21. The Morgan fingerprint density at radius 2 is 2.29 bits per heavy atom. The first-order valence-electron chi connectivity index (χ1n) is 4.92. The Balaban J connectivity index is 2.74. The highest BCUT2D eigenvalue weighted by atomic mass is 16.1. The van der Waals surface area contributed by atoms with E-state index in [1.165, 1.54) is 0 Å². The molecule has 3 heteroatoms. The van der Waals surface area contributed by atoms with Crippen LogP contribution in [0.5, 0.6) is 0 Å². The van der Waals surface area contributed by atoms with Crippen molar-refractivity contribution in [1.29, 1.82) is 0 Å². The molecule has 1 aliphatic heterocycles. The molecule has 0 N–H and O–H groups in total. The zero-order chi connectivity index (χ0) is 10.7. The molecule has 0 aromatic heterocycles. The number of rotatable bonds is 3. The molecule has 1 heterocycles. The van der Waals surface area contributed by atoms with Crippen molar-refractivity contribution < 1.29 is 4.79 Å². The van der Waals surface area contributed by atoms with Gasteiger partial charge in [0.15, 0.2) is 0 Å². The van der Waals surface area contributed by atoms with Gasteiger partial charge in [-0.05, 0) is 18.9 Å². The fraction of sp³-hybridized carbons (Fsp3) is 0.545. The molecule has 14 heavy (non-hydrogen) atoms. The maximum absolute atomic E-state index is 10.6. The normalized spacial score (nSPS) is 22.4. The number of nitrogens with zero attached hydrogens (tertiary/aromatic N) is 2. The highest BCUT2D eigenvalue weighted by molar-refractivity contribution is 5.50. The Morgan fingerprint density at radius 1 is 1.64 bits per heavy atom. The van der Waals surface area contributed by atoms with Gasteiger partial charge in [-0.25, -0.2) is 0 Å². The summed E-state index contributed by atoms with van der Waals surface area (Å²) in [6, 6.07) is 0.128. The number of hydrogen-bond donors (Lipinski definition) is 0. The van der Waals surface area contributed by atoms with E-state index in [1.54, 1.807) is 11.9 Å². The lowest BCUT2D eigenvalue weighted by Gasteiger charge is -2.39. The van der Waals surface area contributed by atoms with E-state index in [9.17, 15) is 4.79 Å². The zero-order valence-electron chi connectivity index (χ0n) is 8.99. The van der Waals surface area contributed by atoms with Crippen LogP contribution < -0.4 is 0 Å². The summed E-state index contributed by atoms with van der Waals surface area (Å²) in [6.07, 6.45) is 1.80. The third kappa shape index (κ3) is 1.81. The molecule has 0 saturated carbocycles. The highest BCUT2D eigenvalue weighted by Crippen LogP contribution is 2.26. The monoisotopic (exact) mass is 194 g/mol. The van der Waals surface area contributed by atoms with Crippen LogP contribution in [0.1, 0.15) is 13.3 Å². The maximum Gasteiger partial charge on any atom is 0.209 e. The van der Waals surface area contributed by atoms with Crippen LogP contribution in [-0.4, -0.2) is 42.4 Å². The second kappa shape index (κ2) is 4.31. The molecular weight excluding hydrogens is 176 g/mol. The minimum atomic E-state index is 0.128. The van der Waals surface area contributed by atoms with Crippen LogP contribution in [0.25, 0.3) is 0 Å². The fourth-order valence-corrected chi connectivity index (χ4v) is 1.85. The zero-order valence-corrected chi connectivity index (χ0v) is 8.99. The fourth-order valence-electron chi connectivity index (χ4n) is 1.85. The molecule has 0 aromatic carbocycles. The van der Waals surface area contributed by atoms with Gasteiger partial charge in [0.1, 0.15) is 0 Å². The van der Waals surface area contributed by atoms with Gasteiger partial charge in [0.05, 0.1) is 6.04 Å². The predicted molar refractivity (Wildman–Crippen MR) is 57.8 cm³/mol. The molecule has 1 saturated heterocycles. The van der Waals surface area contributed by atoms with Crippen molar-refractivity contribution in [2.24, 2.45) is 0 Å². The SMILES string of the molecule is C=C1C(=C)N(CC)CCC1N(C)C=O. The van der Waals surface area contributed by atoms with Gasteiger partial charge in [-0.1, -0.05) is 13.2 Å². The molecule has 1 atom stereocenters. The van der Waals surface area contributed by atoms with E-state index in [2.05, 4.69) is 25.0 Å². The van der Waals surface area contributed by atoms with Crippen molar-refractivity contribution >= 4 is 6.41 Å². The second-order valence-corrected chi connectivity index (χ2v) is 3.63. The number of amides is 1. The van der Waals surface area contributed by atoms with E-state index < -0.39 is 0 Å². The highest BCUT2D eigenvalue weighted by Gasteiger charge is 2.26. The van der Waals surface area contributed by atoms with Gasteiger partial charge >= 0.3 is 0 Å². The molecule has 3 nitrogen and oxygen atoms in total. The van der Waals surface area contributed by atoms with E-state index in [-0.39, 0.29) is 6.04 Å². The summed E-state index contributed by atoms with van der Waals surface area (Å²) in [7, 11) is 1.79. The number of likely N-dealkylation sites (tertiary alicyclic amines) is 1.